The number of carbonyl (C=O) groups is 1. The lowest BCUT2D eigenvalue weighted by Crippen LogP contribution is -2.78. The minimum absolute atomic E-state index is 0.0392. The summed E-state index contributed by atoms with van der Waals surface area (Å²) in [6, 6.07) is 4.96. The number of hydrogen-bond donors (Lipinski definition) is 2. The number of aliphatic hydroxyl groups is 2. The molecule has 14 atom stereocenters. The van der Waals surface area contributed by atoms with Gasteiger partial charge in [-0.15, -0.1) is 0 Å². The first-order chi connectivity index (χ1) is 21.7. The van der Waals surface area contributed by atoms with Crippen molar-refractivity contribution in [3.05, 3.63) is 23.8 Å². The third-order valence-corrected chi connectivity index (χ3v) is 13.3. The molecule has 0 radical (unpaired) electrons. The maximum Gasteiger partial charge on any atom is 0.338 e. The van der Waals surface area contributed by atoms with E-state index >= 15 is 0 Å². The van der Waals surface area contributed by atoms with E-state index in [0.29, 0.717) is 49.5 Å². The predicted molar refractivity (Wildman–Crippen MR) is 161 cm³/mol. The molecule has 11 heteroatoms. The Morgan fingerprint density at radius 1 is 0.978 bits per heavy atom. The van der Waals surface area contributed by atoms with E-state index in [1.807, 2.05) is 0 Å². The molecule has 1 aromatic rings. The Kier molecular flexibility index (Phi) is 7.75. The number of esters is 1. The number of ether oxygens (including phenoxy) is 7. The van der Waals surface area contributed by atoms with E-state index in [1.54, 1.807) is 53.7 Å². The lowest BCUT2D eigenvalue weighted by molar-refractivity contribution is -0.295. The highest BCUT2D eigenvalue weighted by Gasteiger charge is 2.87. The number of rotatable bonds is 10. The van der Waals surface area contributed by atoms with Gasteiger partial charge in [0, 0.05) is 88.4 Å². The van der Waals surface area contributed by atoms with Gasteiger partial charge in [0.15, 0.2) is 11.5 Å². The maximum absolute atomic E-state index is 13.9. The minimum Gasteiger partial charge on any atom is -0.493 e. The SMILES string of the molecule is CCN1CC2(COC)C(O)CC(OC)C34C5CC6C(OC)CC(O)(C5C6OC(=O)c5ccc(OC)c(OC)c5)C(C(OC)C23)C14. The molecular formula is C34H49NO10. The zero-order valence-corrected chi connectivity index (χ0v) is 27.4. The molecule has 1 aromatic carbocycles. The van der Waals surface area contributed by atoms with Crippen molar-refractivity contribution in [1.82, 2.24) is 4.90 Å². The second kappa shape index (κ2) is 11.0. The van der Waals surface area contributed by atoms with E-state index in [0.717, 1.165) is 6.54 Å². The molecule has 2 N–H and O–H groups in total. The Morgan fingerprint density at radius 3 is 2.36 bits per heavy atom. The quantitative estimate of drug-likeness (QED) is 0.369. The standard InChI is InChI=1S/C34H49NO10/c1-8-35-15-32(16-39-2)23(36)13-24(43-6)34-19-12-18-22(42-5)14-33(38,26(30(34)35)28(44-7)29(32)34)25(19)27(18)45-31(37)17-9-10-20(40-3)21(11-17)41-4/h9-11,18-19,22-30,36,38H,8,12-16H2,1-7H3. The number of nitrogens with zero attached hydrogens (tertiary/aromatic N) is 1. The highest BCUT2D eigenvalue weighted by atomic mass is 16.6. The number of fused-ring (bicyclic) bond motifs is 2. The van der Waals surface area contributed by atoms with E-state index < -0.39 is 34.6 Å². The summed E-state index contributed by atoms with van der Waals surface area (Å²) in [5.41, 5.74) is -1.96. The highest BCUT2D eigenvalue weighted by Crippen LogP contribution is 2.79. The second-order valence-corrected chi connectivity index (χ2v) is 14.3. The van der Waals surface area contributed by atoms with Gasteiger partial charge in [-0.3, -0.25) is 4.90 Å². The van der Waals surface area contributed by atoms with Crippen LogP contribution in [0.5, 0.6) is 11.5 Å². The minimum atomic E-state index is -1.24. The molecule has 45 heavy (non-hydrogen) atoms. The summed E-state index contributed by atoms with van der Waals surface area (Å²) < 4.78 is 42.2. The van der Waals surface area contributed by atoms with Crippen molar-refractivity contribution >= 4 is 5.97 Å². The molecule has 250 valence electrons. The van der Waals surface area contributed by atoms with Gasteiger partial charge in [0.1, 0.15) is 6.10 Å². The average molecular weight is 632 g/mol. The Morgan fingerprint density at radius 2 is 1.73 bits per heavy atom. The van der Waals surface area contributed by atoms with Gasteiger partial charge < -0.3 is 43.4 Å². The molecule has 6 fully saturated rings. The first kappa shape index (κ1) is 31.6. The van der Waals surface area contributed by atoms with E-state index in [2.05, 4.69) is 11.8 Å². The molecule has 0 amide bonds. The topological polar surface area (TPSA) is 125 Å². The Hall–Kier alpha value is -1.99. The van der Waals surface area contributed by atoms with Crippen LogP contribution in [0.15, 0.2) is 18.2 Å². The molecule has 7 rings (SSSR count). The molecule has 11 nitrogen and oxygen atoms in total. The first-order valence-corrected chi connectivity index (χ1v) is 16.3. The summed E-state index contributed by atoms with van der Waals surface area (Å²) in [4.78, 5) is 16.3. The van der Waals surface area contributed by atoms with Crippen LogP contribution < -0.4 is 9.47 Å². The largest absolute Gasteiger partial charge is 0.493 e. The van der Waals surface area contributed by atoms with Crippen molar-refractivity contribution < 1.29 is 48.2 Å². The van der Waals surface area contributed by atoms with Gasteiger partial charge in [0.2, 0.25) is 0 Å². The molecular weight excluding hydrogens is 582 g/mol. The first-order valence-electron chi connectivity index (χ1n) is 16.3. The van der Waals surface area contributed by atoms with Gasteiger partial charge in [-0.1, -0.05) is 6.92 Å². The van der Waals surface area contributed by atoms with Crippen molar-refractivity contribution in [3.63, 3.8) is 0 Å². The third kappa shape index (κ3) is 3.80. The smallest absolute Gasteiger partial charge is 0.338 e. The predicted octanol–water partition coefficient (Wildman–Crippen LogP) is 2.01. The number of aliphatic hydroxyl groups excluding tert-OH is 1. The number of piperidine rings is 1. The lowest BCUT2D eigenvalue weighted by atomic mass is 9.42. The van der Waals surface area contributed by atoms with Gasteiger partial charge in [0.05, 0.1) is 56.4 Å². The highest BCUT2D eigenvalue weighted by molar-refractivity contribution is 5.90. The van der Waals surface area contributed by atoms with Crippen molar-refractivity contribution in [2.75, 3.05) is 62.4 Å². The van der Waals surface area contributed by atoms with E-state index in [4.69, 9.17) is 33.2 Å². The number of likely N-dealkylation sites (tertiary alicyclic amines) is 1. The van der Waals surface area contributed by atoms with Crippen LogP contribution in [0.3, 0.4) is 0 Å². The zero-order chi connectivity index (χ0) is 32.1. The summed E-state index contributed by atoms with van der Waals surface area (Å²) in [6.07, 6.45) is -0.567. The van der Waals surface area contributed by atoms with E-state index in [-0.39, 0.29) is 53.9 Å². The van der Waals surface area contributed by atoms with Crippen LogP contribution in [0.25, 0.3) is 0 Å². The number of carbonyl (C=O) groups excluding carboxylic acids is 1. The normalized spacial score (nSPS) is 47.4. The molecule has 1 spiro atoms. The van der Waals surface area contributed by atoms with Gasteiger partial charge in [-0.2, -0.15) is 0 Å². The summed E-state index contributed by atoms with van der Waals surface area (Å²) in [7, 11) is 9.93. The third-order valence-electron chi connectivity index (χ3n) is 13.3. The van der Waals surface area contributed by atoms with Crippen LogP contribution in [0.2, 0.25) is 0 Å². The van der Waals surface area contributed by atoms with Crippen LogP contribution in [-0.2, 0) is 23.7 Å². The molecule has 1 saturated heterocycles. The molecule has 5 saturated carbocycles. The molecule has 1 aliphatic heterocycles. The maximum atomic E-state index is 13.9. The van der Waals surface area contributed by atoms with Gasteiger partial charge >= 0.3 is 5.97 Å². The fraction of sp³-hybridized carbons (Fsp3) is 0.794. The Labute approximate surface area is 265 Å². The monoisotopic (exact) mass is 631 g/mol. The van der Waals surface area contributed by atoms with Crippen LogP contribution in [0.4, 0.5) is 0 Å². The van der Waals surface area contributed by atoms with Crippen LogP contribution in [0, 0.1) is 40.4 Å². The van der Waals surface area contributed by atoms with E-state index in [1.165, 1.54) is 7.11 Å². The molecule has 14 unspecified atom stereocenters. The van der Waals surface area contributed by atoms with Crippen molar-refractivity contribution in [2.45, 2.75) is 68.3 Å². The fourth-order valence-corrected chi connectivity index (χ4v) is 12.2. The lowest BCUT2D eigenvalue weighted by Gasteiger charge is -2.70. The molecule has 0 aromatic heterocycles. The Balaban J connectivity index is 1.38. The second-order valence-electron chi connectivity index (χ2n) is 14.3. The number of benzene rings is 1. The summed E-state index contributed by atoms with van der Waals surface area (Å²) in [5.74, 6) is -0.478. The van der Waals surface area contributed by atoms with E-state index in [9.17, 15) is 15.0 Å². The fourth-order valence-electron chi connectivity index (χ4n) is 12.2. The molecule has 6 aliphatic rings. The van der Waals surface area contributed by atoms with Crippen molar-refractivity contribution in [1.29, 1.82) is 0 Å². The van der Waals surface area contributed by atoms with Crippen molar-refractivity contribution in [3.8, 4) is 11.5 Å². The van der Waals surface area contributed by atoms with Crippen LogP contribution >= 0.6 is 0 Å². The average Bonchev–Trinajstić information content (AvgIpc) is 3.48. The Bertz CT molecular complexity index is 1310. The zero-order valence-electron chi connectivity index (χ0n) is 27.4. The molecule has 1 heterocycles. The van der Waals surface area contributed by atoms with Crippen LogP contribution in [-0.4, -0.2) is 126 Å². The van der Waals surface area contributed by atoms with Gasteiger partial charge in [-0.05, 0) is 37.1 Å². The van der Waals surface area contributed by atoms with Crippen LogP contribution in [0.1, 0.15) is 36.5 Å². The van der Waals surface area contributed by atoms with Gasteiger partial charge in [0.25, 0.3) is 0 Å². The number of methoxy groups -OCH3 is 6. The summed E-state index contributed by atoms with van der Waals surface area (Å²) in [5, 5.41) is 25.2. The van der Waals surface area contributed by atoms with Gasteiger partial charge in [-0.25, -0.2) is 4.79 Å². The number of hydrogen-bond acceptors (Lipinski definition) is 11. The summed E-state index contributed by atoms with van der Waals surface area (Å²) >= 11 is 0. The van der Waals surface area contributed by atoms with Crippen molar-refractivity contribution in [2.24, 2.45) is 40.4 Å². The molecule has 7 bridgehead atoms. The molecule has 5 aliphatic carbocycles. The summed E-state index contributed by atoms with van der Waals surface area (Å²) in [6.45, 7) is 3.94.